The second kappa shape index (κ2) is 7.34. The van der Waals surface area contributed by atoms with Gasteiger partial charge in [0, 0.05) is 12.1 Å². The molecule has 0 saturated heterocycles. The number of hydrogen-bond acceptors (Lipinski definition) is 3. The van der Waals surface area contributed by atoms with E-state index in [4.69, 9.17) is 4.74 Å². The van der Waals surface area contributed by atoms with Gasteiger partial charge < -0.3 is 10.1 Å². The molecule has 5 heteroatoms. The lowest BCUT2D eigenvalue weighted by molar-refractivity contribution is 0.0501. The molecule has 0 aliphatic rings. The Morgan fingerprint density at radius 2 is 2.06 bits per heavy atom. The van der Waals surface area contributed by atoms with E-state index in [1.807, 2.05) is 20.8 Å². The van der Waals surface area contributed by atoms with Crippen molar-refractivity contribution in [3.05, 3.63) is 35.6 Å². The molecule has 0 spiro atoms. The zero-order chi connectivity index (χ0) is 12.9. The molecule has 0 heterocycles. The van der Waals surface area contributed by atoms with E-state index in [1.165, 1.54) is 24.3 Å². The summed E-state index contributed by atoms with van der Waals surface area (Å²) in [7, 11) is 0. The molecule has 1 rings (SSSR count). The van der Waals surface area contributed by atoms with Crippen molar-refractivity contribution in [2.24, 2.45) is 0 Å². The molecule has 0 radical (unpaired) electrons. The Hall–Kier alpha value is -1.13. The van der Waals surface area contributed by atoms with E-state index in [1.54, 1.807) is 0 Å². The Balaban J connectivity index is 0.00000289. The van der Waals surface area contributed by atoms with Crippen molar-refractivity contribution in [3.63, 3.8) is 0 Å². The largest absolute Gasteiger partial charge is 0.461 e. The van der Waals surface area contributed by atoms with Crippen LogP contribution in [0.5, 0.6) is 0 Å². The van der Waals surface area contributed by atoms with Crippen LogP contribution in [-0.2, 0) is 4.74 Å². The molecule has 0 atom stereocenters. The van der Waals surface area contributed by atoms with Crippen molar-refractivity contribution in [1.29, 1.82) is 0 Å². The molecule has 0 unspecified atom stereocenters. The van der Waals surface area contributed by atoms with E-state index < -0.39 is 11.8 Å². The molecule has 0 saturated carbocycles. The Morgan fingerprint density at radius 3 is 2.61 bits per heavy atom. The molecule has 1 aromatic rings. The van der Waals surface area contributed by atoms with Crippen LogP contribution < -0.4 is 5.32 Å². The van der Waals surface area contributed by atoms with Gasteiger partial charge >= 0.3 is 5.97 Å². The number of esters is 1. The van der Waals surface area contributed by atoms with Crippen LogP contribution in [0.15, 0.2) is 24.3 Å². The first-order valence-electron chi connectivity index (χ1n) is 5.56. The lowest BCUT2D eigenvalue weighted by Gasteiger charge is -2.20. The van der Waals surface area contributed by atoms with Crippen molar-refractivity contribution < 1.29 is 13.9 Å². The molecule has 0 amide bonds. The SMILES string of the molecule is CC(C)(C)NCCOC(=O)c1cccc(F)c1.Cl. The van der Waals surface area contributed by atoms with Gasteiger partial charge in [-0.1, -0.05) is 6.07 Å². The van der Waals surface area contributed by atoms with Crippen LogP contribution in [-0.4, -0.2) is 24.7 Å². The number of carbonyl (C=O) groups excluding carboxylic acids is 1. The lowest BCUT2D eigenvalue weighted by Crippen LogP contribution is -2.38. The number of nitrogens with one attached hydrogen (secondary N) is 1. The summed E-state index contributed by atoms with van der Waals surface area (Å²) in [5.74, 6) is -0.938. The van der Waals surface area contributed by atoms with Crippen LogP contribution >= 0.6 is 12.4 Å². The molecular weight excluding hydrogens is 257 g/mol. The van der Waals surface area contributed by atoms with Crippen LogP contribution in [0.3, 0.4) is 0 Å². The quantitative estimate of drug-likeness (QED) is 0.678. The Kier molecular flexibility index (Phi) is 6.88. The van der Waals surface area contributed by atoms with Crippen LogP contribution in [0.2, 0.25) is 0 Å². The van der Waals surface area contributed by atoms with E-state index >= 15 is 0 Å². The summed E-state index contributed by atoms with van der Waals surface area (Å²) in [5.41, 5.74) is 0.228. The highest BCUT2D eigenvalue weighted by Gasteiger charge is 2.10. The first kappa shape index (κ1) is 16.9. The zero-order valence-electron chi connectivity index (χ0n) is 10.8. The zero-order valence-corrected chi connectivity index (χ0v) is 11.6. The van der Waals surface area contributed by atoms with Gasteiger partial charge in [0.2, 0.25) is 0 Å². The molecule has 0 aromatic heterocycles. The average molecular weight is 276 g/mol. The highest BCUT2D eigenvalue weighted by molar-refractivity contribution is 5.89. The summed E-state index contributed by atoms with van der Waals surface area (Å²) < 4.78 is 17.9. The van der Waals surface area contributed by atoms with Crippen molar-refractivity contribution >= 4 is 18.4 Å². The third-order valence-corrected chi connectivity index (χ3v) is 2.05. The molecule has 0 aliphatic heterocycles. The average Bonchev–Trinajstić information content (AvgIpc) is 2.23. The van der Waals surface area contributed by atoms with Gasteiger partial charge in [-0.25, -0.2) is 9.18 Å². The van der Waals surface area contributed by atoms with Crippen LogP contribution in [0.4, 0.5) is 4.39 Å². The normalized spacial score (nSPS) is 10.7. The van der Waals surface area contributed by atoms with Gasteiger partial charge in [0.25, 0.3) is 0 Å². The molecular formula is C13H19ClFNO2. The molecule has 1 N–H and O–H groups in total. The fourth-order valence-electron chi connectivity index (χ4n) is 1.27. The summed E-state index contributed by atoms with van der Waals surface area (Å²) in [6.45, 7) is 6.93. The van der Waals surface area contributed by atoms with E-state index in [0.717, 1.165) is 0 Å². The van der Waals surface area contributed by atoms with Gasteiger partial charge in [-0.15, -0.1) is 12.4 Å². The first-order chi connectivity index (χ1) is 7.88. The van der Waals surface area contributed by atoms with Gasteiger partial charge in [-0.05, 0) is 39.0 Å². The van der Waals surface area contributed by atoms with Crippen LogP contribution in [0.1, 0.15) is 31.1 Å². The molecule has 3 nitrogen and oxygen atoms in total. The molecule has 0 bridgehead atoms. The topological polar surface area (TPSA) is 38.3 Å². The van der Waals surface area contributed by atoms with Crippen molar-refractivity contribution in [3.8, 4) is 0 Å². The highest BCUT2D eigenvalue weighted by atomic mass is 35.5. The maximum absolute atomic E-state index is 12.9. The molecule has 0 fully saturated rings. The fraction of sp³-hybridized carbons (Fsp3) is 0.462. The third-order valence-electron chi connectivity index (χ3n) is 2.05. The van der Waals surface area contributed by atoms with Crippen molar-refractivity contribution in [2.45, 2.75) is 26.3 Å². The number of carbonyl (C=O) groups is 1. The molecule has 0 aliphatic carbocycles. The van der Waals surface area contributed by atoms with E-state index in [-0.39, 0.29) is 30.1 Å². The van der Waals surface area contributed by atoms with Gasteiger partial charge in [-0.2, -0.15) is 0 Å². The molecule has 18 heavy (non-hydrogen) atoms. The van der Waals surface area contributed by atoms with Crippen molar-refractivity contribution in [1.82, 2.24) is 5.32 Å². The predicted octanol–water partition coefficient (Wildman–Crippen LogP) is 2.79. The van der Waals surface area contributed by atoms with Crippen LogP contribution in [0.25, 0.3) is 0 Å². The van der Waals surface area contributed by atoms with Gasteiger partial charge in [0.1, 0.15) is 12.4 Å². The summed E-state index contributed by atoms with van der Waals surface area (Å²) >= 11 is 0. The molecule has 102 valence electrons. The fourth-order valence-corrected chi connectivity index (χ4v) is 1.27. The summed E-state index contributed by atoms with van der Waals surface area (Å²) in [6.07, 6.45) is 0. The van der Waals surface area contributed by atoms with E-state index in [9.17, 15) is 9.18 Å². The monoisotopic (exact) mass is 275 g/mol. The minimum atomic E-state index is -0.500. The smallest absolute Gasteiger partial charge is 0.338 e. The molecule has 1 aromatic carbocycles. The Labute approximate surface area is 113 Å². The number of rotatable bonds is 4. The maximum Gasteiger partial charge on any atom is 0.338 e. The van der Waals surface area contributed by atoms with Crippen LogP contribution in [0, 0.1) is 5.82 Å². The van der Waals surface area contributed by atoms with Gasteiger partial charge in [0.15, 0.2) is 0 Å². The van der Waals surface area contributed by atoms with E-state index in [0.29, 0.717) is 6.54 Å². The summed E-state index contributed by atoms with van der Waals surface area (Å²) in [5, 5.41) is 3.19. The second-order valence-electron chi connectivity index (χ2n) is 4.82. The Morgan fingerprint density at radius 1 is 1.39 bits per heavy atom. The second-order valence-corrected chi connectivity index (χ2v) is 4.82. The highest BCUT2D eigenvalue weighted by Crippen LogP contribution is 2.05. The van der Waals surface area contributed by atoms with Gasteiger partial charge in [-0.3, -0.25) is 0 Å². The predicted molar refractivity (Wildman–Crippen MR) is 71.7 cm³/mol. The minimum Gasteiger partial charge on any atom is -0.461 e. The van der Waals surface area contributed by atoms with Crippen molar-refractivity contribution in [2.75, 3.05) is 13.2 Å². The minimum absolute atomic E-state index is 0. The first-order valence-corrected chi connectivity index (χ1v) is 5.56. The number of halogens is 2. The maximum atomic E-state index is 12.9. The lowest BCUT2D eigenvalue weighted by atomic mass is 10.1. The number of ether oxygens (including phenoxy) is 1. The number of hydrogen-bond donors (Lipinski definition) is 1. The summed E-state index contributed by atoms with van der Waals surface area (Å²) in [6, 6.07) is 5.47. The van der Waals surface area contributed by atoms with E-state index in [2.05, 4.69) is 5.32 Å². The summed E-state index contributed by atoms with van der Waals surface area (Å²) in [4.78, 5) is 11.5. The standard InChI is InChI=1S/C13H18FNO2.ClH/c1-13(2,3)15-7-8-17-12(16)10-5-4-6-11(14)9-10;/h4-6,9,15H,7-8H2,1-3H3;1H. The number of benzene rings is 1. The third kappa shape index (κ3) is 6.57. The van der Waals surface area contributed by atoms with Gasteiger partial charge in [0.05, 0.1) is 5.56 Å². The Bertz CT molecular complexity index is 391.